The normalized spacial score (nSPS) is 10.4. The summed E-state index contributed by atoms with van der Waals surface area (Å²) >= 11 is 11.9. The minimum Gasteiger partial charge on any atom is -0.347 e. The van der Waals surface area contributed by atoms with Gasteiger partial charge in [0.1, 0.15) is 11.5 Å². The van der Waals surface area contributed by atoms with Gasteiger partial charge in [-0.05, 0) is 30.3 Å². The zero-order valence-electron chi connectivity index (χ0n) is 13.3. The fourth-order valence-corrected chi connectivity index (χ4v) is 2.73. The van der Waals surface area contributed by atoms with Gasteiger partial charge in [0.15, 0.2) is 0 Å². The van der Waals surface area contributed by atoms with Crippen molar-refractivity contribution in [2.24, 2.45) is 0 Å². The summed E-state index contributed by atoms with van der Waals surface area (Å²) in [4.78, 5) is 20.5. The Morgan fingerprint density at radius 2 is 1.81 bits per heavy atom. The first-order valence-electron chi connectivity index (χ1n) is 7.59. The molecule has 0 spiro atoms. The van der Waals surface area contributed by atoms with Gasteiger partial charge >= 0.3 is 0 Å². The molecule has 26 heavy (non-hydrogen) atoms. The largest absolute Gasteiger partial charge is 0.347 e. The maximum Gasteiger partial charge on any atom is 0.270 e. The Hall–Kier alpha value is -2.70. The number of rotatable bonds is 5. The summed E-state index contributed by atoms with van der Waals surface area (Å²) in [6.07, 6.45) is 1.44. The third-order valence-electron chi connectivity index (χ3n) is 3.40. The molecule has 0 bridgehead atoms. The number of nitrogens with one attached hydrogen (secondary N) is 2. The Bertz CT molecular complexity index is 932. The highest BCUT2D eigenvalue weighted by molar-refractivity contribution is 6.35. The molecule has 0 fully saturated rings. The average Bonchev–Trinajstić information content (AvgIpc) is 2.60. The van der Waals surface area contributed by atoms with Crippen molar-refractivity contribution in [1.29, 1.82) is 0 Å². The molecule has 0 unspecified atom stereocenters. The van der Waals surface area contributed by atoms with Crippen LogP contribution in [0.4, 0.5) is 16.0 Å². The van der Waals surface area contributed by atoms with E-state index in [9.17, 15) is 9.18 Å². The van der Waals surface area contributed by atoms with Crippen LogP contribution in [-0.2, 0) is 6.54 Å². The average molecular weight is 391 g/mol. The third kappa shape index (κ3) is 4.68. The molecule has 0 aliphatic carbocycles. The van der Waals surface area contributed by atoms with Gasteiger partial charge in [-0.3, -0.25) is 4.79 Å². The summed E-state index contributed by atoms with van der Waals surface area (Å²) < 4.78 is 13.6. The Morgan fingerprint density at radius 3 is 2.54 bits per heavy atom. The molecule has 1 heterocycles. The first-order chi connectivity index (χ1) is 12.5. The highest BCUT2D eigenvalue weighted by Gasteiger charge is 2.10. The van der Waals surface area contributed by atoms with E-state index in [1.54, 1.807) is 36.4 Å². The number of hydrogen-bond donors (Lipinski definition) is 2. The molecule has 3 aromatic rings. The lowest BCUT2D eigenvalue weighted by molar-refractivity contribution is 0.0945. The van der Waals surface area contributed by atoms with Crippen LogP contribution in [0.3, 0.4) is 0 Å². The minimum atomic E-state index is -0.442. The number of carbonyl (C=O) groups excluding carboxylic acids is 1. The van der Waals surface area contributed by atoms with E-state index in [4.69, 9.17) is 23.2 Å². The fourth-order valence-electron chi connectivity index (χ4n) is 2.21. The van der Waals surface area contributed by atoms with E-state index >= 15 is 0 Å². The molecular weight excluding hydrogens is 378 g/mol. The molecule has 0 aliphatic heterocycles. The summed E-state index contributed by atoms with van der Waals surface area (Å²) in [6, 6.07) is 12.6. The van der Waals surface area contributed by atoms with Crippen molar-refractivity contribution in [1.82, 2.24) is 15.3 Å². The van der Waals surface area contributed by atoms with Crippen LogP contribution in [0.5, 0.6) is 0 Å². The standard InChI is InChI=1S/C18H13Cl2FN4O/c19-12-7-13(20)9-14(8-12)24-18-22-6-5-16(25-18)17(26)23-10-11-3-1-2-4-15(11)21/h1-9H,10H2,(H,23,26)(H,22,24,25). The Kier molecular flexibility index (Phi) is 5.65. The molecule has 0 saturated carbocycles. The second kappa shape index (κ2) is 8.12. The first kappa shape index (κ1) is 18.1. The van der Waals surface area contributed by atoms with E-state index in [1.165, 1.54) is 18.3 Å². The van der Waals surface area contributed by atoms with E-state index in [-0.39, 0.29) is 24.0 Å². The van der Waals surface area contributed by atoms with Crippen LogP contribution < -0.4 is 10.6 Å². The van der Waals surface area contributed by atoms with Crippen LogP contribution in [0.15, 0.2) is 54.7 Å². The topological polar surface area (TPSA) is 66.9 Å². The number of halogens is 3. The molecular formula is C18H13Cl2FN4O. The maximum atomic E-state index is 13.6. The van der Waals surface area contributed by atoms with Gasteiger partial charge in [0, 0.05) is 34.0 Å². The summed E-state index contributed by atoms with van der Waals surface area (Å²) in [6.45, 7) is 0.0577. The molecule has 8 heteroatoms. The zero-order chi connectivity index (χ0) is 18.5. The molecule has 5 nitrogen and oxygen atoms in total. The van der Waals surface area contributed by atoms with Crippen molar-refractivity contribution in [3.8, 4) is 0 Å². The molecule has 0 radical (unpaired) electrons. The number of amides is 1. The van der Waals surface area contributed by atoms with Gasteiger partial charge in [-0.25, -0.2) is 14.4 Å². The van der Waals surface area contributed by atoms with Crippen LogP contribution in [0.1, 0.15) is 16.1 Å². The lowest BCUT2D eigenvalue weighted by atomic mass is 10.2. The Labute approximate surface area is 159 Å². The van der Waals surface area contributed by atoms with Crippen LogP contribution in [-0.4, -0.2) is 15.9 Å². The van der Waals surface area contributed by atoms with E-state index in [2.05, 4.69) is 20.6 Å². The highest BCUT2D eigenvalue weighted by Crippen LogP contribution is 2.24. The maximum absolute atomic E-state index is 13.6. The second-order valence-electron chi connectivity index (χ2n) is 5.32. The smallest absolute Gasteiger partial charge is 0.270 e. The highest BCUT2D eigenvalue weighted by atomic mass is 35.5. The van der Waals surface area contributed by atoms with Gasteiger partial charge in [0.2, 0.25) is 5.95 Å². The number of hydrogen-bond acceptors (Lipinski definition) is 4. The van der Waals surface area contributed by atoms with Gasteiger partial charge in [-0.15, -0.1) is 0 Å². The predicted octanol–water partition coefficient (Wildman–Crippen LogP) is 4.60. The van der Waals surface area contributed by atoms with E-state index < -0.39 is 5.91 Å². The Balaban J connectivity index is 1.70. The molecule has 2 aromatic carbocycles. The van der Waals surface area contributed by atoms with E-state index in [0.717, 1.165) is 0 Å². The number of benzene rings is 2. The van der Waals surface area contributed by atoms with Crippen molar-refractivity contribution in [3.63, 3.8) is 0 Å². The lowest BCUT2D eigenvalue weighted by Gasteiger charge is -2.08. The van der Waals surface area contributed by atoms with Crippen LogP contribution in [0, 0.1) is 5.82 Å². The number of anilines is 2. The summed E-state index contributed by atoms with van der Waals surface area (Å²) in [5.74, 6) is -0.611. The molecule has 0 aliphatic rings. The van der Waals surface area contributed by atoms with Crippen LogP contribution in [0.25, 0.3) is 0 Å². The van der Waals surface area contributed by atoms with Crippen molar-refractivity contribution in [2.75, 3.05) is 5.32 Å². The van der Waals surface area contributed by atoms with E-state index in [0.29, 0.717) is 21.3 Å². The molecule has 2 N–H and O–H groups in total. The van der Waals surface area contributed by atoms with Crippen molar-refractivity contribution >= 4 is 40.7 Å². The molecule has 132 valence electrons. The third-order valence-corrected chi connectivity index (χ3v) is 3.84. The zero-order valence-corrected chi connectivity index (χ0v) is 14.9. The molecule has 1 amide bonds. The van der Waals surface area contributed by atoms with Gasteiger partial charge in [0.05, 0.1) is 0 Å². The lowest BCUT2D eigenvalue weighted by Crippen LogP contribution is -2.24. The van der Waals surface area contributed by atoms with Gasteiger partial charge in [0.25, 0.3) is 5.91 Å². The van der Waals surface area contributed by atoms with Crippen molar-refractivity contribution < 1.29 is 9.18 Å². The number of aromatic nitrogens is 2. The molecule has 0 atom stereocenters. The predicted molar refractivity (Wildman–Crippen MR) is 99.3 cm³/mol. The van der Waals surface area contributed by atoms with Crippen LogP contribution >= 0.6 is 23.2 Å². The monoisotopic (exact) mass is 390 g/mol. The van der Waals surface area contributed by atoms with Gasteiger partial charge < -0.3 is 10.6 Å². The van der Waals surface area contributed by atoms with Crippen molar-refractivity contribution in [3.05, 3.63) is 81.8 Å². The second-order valence-corrected chi connectivity index (χ2v) is 6.20. The van der Waals surface area contributed by atoms with Gasteiger partial charge in [-0.1, -0.05) is 41.4 Å². The molecule has 1 aromatic heterocycles. The fraction of sp³-hybridized carbons (Fsp3) is 0.0556. The summed E-state index contributed by atoms with van der Waals surface area (Å²) in [7, 11) is 0. The molecule has 0 saturated heterocycles. The quantitative estimate of drug-likeness (QED) is 0.668. The molecule has 3 rings (SSSR count). The van der Waals surface area contributed by atoms with Crippen molar-refractivity contribution in [2.45, 2.75) is 6.54 Å². The summed E-state index contributed by atoms with van der Waals surface area (Å²) in [5, 5.41) is 6.47. The first-order valence-corrected chi connectivity index (χ1v) is 8.34. The minimum absolute atomic E-state index is 0.0577. The Morgan fingerprint density at radius 1 is 1.08 bits per heavy atom. The number of carbonyl (C=O) groups is 1. The number of nitrogens with zero attached hydrogens (tertiary/aromatic N) is 2. The SMILES string of the molecule is O=C(NCc1ccccc1F)c1ccnc(Nc2cc(Cl)cc(Cl)c2)n1. The van der Waals surface area contributed by atoms with Gasteiger partial charge in [-0.2, -0.15) is 0 Å². The summed E-state index contributed by atoms with van der Waals surface area (Å²) in [5.41, 5.74) is 1.13. The van der Waals surface area contributed by atoms with Crippen LogP contribution in [0.2, 0.25) is 10.0 Å². The van der Waals surface area contributed by atoms with E-state index in [1.807, 2.05) is 0 Å².